The number of imidazole rings is 1. The van der Waals surface area contributed by atoms with Gasteiger partial charge in [-0.05, 0) is 31.0 Å². The molecule has 0 saturated carbocycles. The van der Waals surface area contributed by atoms with E-state index in [9.17, 15) is 9.59 Å². The molecular weight excluding hydrogens is 334 g/mol. The summed E-state index contributed by atoms with van der Waals surface area (Å²) in [5.41, 5.74) is 2.83. The number of rotatable bonds is 7. The van der Waals surface area contributed by atoms with Gasteiger partial charge >= 0.3 is 0 Å². The van der Waals surface area contributed by atoms with E-state index in [2.05, 4.69) is 15.3 Å². The van der Waals surface area contributed by atoms with Gasteiger partial charge in [-0.25, -0.2) is 4.98 Å². The lowest BCUT2D eigenvalue weighted by molar-refractivity contribution is -0.125. The predicted molar refractivity (Wildman–Crippen MR) is 99.6 cm³/mol. The third kappa shape index (κ3) is 4.70. The molecule has 1 amide bonds. The molecule has 0 aliphatic rings. The zero-order valence-corrected chi connectivity index (χ0v) is 14.7. The number of carbonyl (C=O) groups excluding carboxylic acids is 2. The van der Waals surface area contributed by atoms with Crippen molar-refractivity contribution in [1.29, 1.82) is 0 Å². The lowest BCUT2D eigenvalue weighted by Gasteiger charge is -2.15. The number of para-hydroxylation sites is 2. The van der Waals surface area contributed by atoms with E-state index < -0.39 is 6.04 Å². The van der Waals surface area contributed by atoms with Crippen molar-refractivity contribution < 1.29 is 9.59 Å². The number of fused-ring (bicyclic) bond motifs is 1. The van der Waals surface area contributed by atoms with Gasteiger partial charge in [-0.1, -0.05) is 54.2 Å². The van der Waals surface area contributed by atoms with Crippen LogP contribution in [0, 0.1) is 0 Å². The summed E-state index contributed by atoms with van der Waals surface area (Å²) >= 11 is 1.32. The van der Waals surface area contributed by atoms with E-state index in [4.69, 9.17) is 0 Å². The number of thioether (sulfide) groups is 1. The molecule has 0 radical (unpaired) electrons. The number of nitrogens with zero attached hydrogens (tertiary/aromatic N) is 1. The summed E-state index contributed by atoms with van der Waals surface area (Å²) in [6.07, 6.45) is 0.497. The molecule has 3 rings (SSSR count). The maximum Gasteiger partial charge on any atom is 0.231 e. The number of aromatic nitrogens is 2. The molecule has 3 aromatic rings. The van der Waals surface area contributed by atoms with Crippen LogP contribution in [0.25, 0.3) is 11.0 Å². The highest BCUT2D eigenvalue weighted by molar-refractivity contribution is 7.99. The van der Waals surface area contributed by atoms with Gasteiger partial charge in [0.05, 0.1) is 22.8 Å². The van der Waals surface area contributed by atoms with Gasteiger partial charge in [-0.3, -0.25) is 9.59 Å². The third-order valence-corrected chi connectivity index (χ3v) is 4.69. The molecule has 0 spiro atoms. The van der Waals surface area contributed by atoms with Crippen molar-refractivity contribution in [2.45, 2.75) is 24.5 Å². The van der Waals surface area contributed by atoms with Crippen LogP contribution in [0.3, 0.4) is 0 Å². The zero-order chi connectivity index (χ0) is 17.6. The van der Waals surface area contributed by atoms with Gasteiger partial charge < -0.3 is 10.3 Å². The Bertz CT molecular complexity index is 844. The highest BCUT2D eigenvalue weighted by atomic mass is 32.2. The van der Waals surface area contributed by atoms with E-state index in [0.29, 0.717) is 11.6 Å². The minimum atomic E-state index is -0.508. The molecule has 0 aliphatic carbocycles. The molecule has 0 bridgehead atoms. The lowest BCUT2D eigenvalue weighted by atomic mass is 10.0. The summed E-state index contributed by atoms with van der Waals surface area (Å²) < 4.78 is 0. The molecule has 5 nitrogen and oxygen atoms in total. The summed E-state index contributed by atoms with van der Waals surface area (Å²) in [4.78, 5) is 31.6. The molecule has 2 N–H and O–H groups in total. The number of nitrogens with one attached hydrogen (secondary N) is 2. The van der Waals surface area contributed by atoms with E-state index in [1.807, 2.05) is 54.6 Å². The second-order valence-corrected chi connectivity index (χ2v) is 6.73. The molecule has 6 heteroatoms. The van der Waals surface area contributed by atoms with Crippen LogP contribution in [0.4, 0.5) is 0 Å². The highest BCUT2D eigenvalue weighted by Crippen LogP contribution is 2.18. The number of ketones is 1. The number of benzene rings is 2. The SMILES string of the molecule is CC(=O)[C@@H](Cc1ccccc1)NC(=O)CSc1nc2ccccc2[nH]1. The second-order valence-electron chi connectivity index (χ2n) is 5.77. The van der Waals surface area contributed by atoms with Crippen molar-refractivity contribution in [2.24, 2.45) is 0 Å². The smallest absolute Gasteiger partial charge is 0.231 e. The van der Waals surface area contributed by atoms with Crippen LogP contribution in [0.2, 0.25) is 0 Å². The zero-order valence-electron chi connectivity index (χ0n) is 13.9. The Kier molecular flexibility index (Phi) is 5.50. The number of Topliss-reactive ketones (excluding diaryl/α,β-unsaturated/α-hetero) is 1. The van der Waals surface area contributed by atoms with E-state index in [1.54, 1.807) is 0 Å². The lowest BCUT2D eigenvalue weighted by Crippen LogP contribution is -2.42. The maximum absolute atomic E-state index is 12.2. The summed E-state index contributed by atoms with van der Waals surface area (Å²) in [5.74, 6) is -0.0224. The minimum absolute atomic E-state index is 0.0501. The molecular formula is C19H19N3O2S. The van der Waals surface area contributed by atoms with Crippen LogP contribution >= 0.6 is 11.8 Å². The van der Waals surface area contributed by atoms with Crippen LogP contribution in [0.1, 0.15) is 12.5 Å². The Morgan fingerprint density at radius 2 is 1.84 bits per heavy atom. The van der Waals surface area contributed by atoms with Gasteiger partial charge in [0.1, 0.15) is 0 Å². The van der Waals surface area contributed by atoms with Crippen molar-refractivity contribution in [2.75, 3.05) is 5.75 Å². The molecule has 0 aliphatic heterocycles. The summed E-state index contributed by atoms with van der Waals surface area (Å²) in [7, 11) is 0. The average molecular weight is 353 g/mol. The molecule has 0 saturated heterocycles. The summed E-state index contributed by atoms with van der Waals surface area (Å²) in [5, 5.41) is 3.51. The van der Waals surface area contributed by atoms with Gasteiger partial charge in [-0.2, -0.15) is 0 Å². The largest absolute Gasteiger partial charge is 0.345 e. The van der Waals surface area contributed by atoms with Gasteiger partial charge in [0.25, 0.3) is 0 Å². The van der Waals surface area contributed by atoms with Crippen molar-refractivity contribution in [3.8, 4) is 0 Å². The Hall–Kier alpha value is -2.60. The Morgan fingerprint density at radius 3 is 2.56 bits per heavy atom. The van der Waals surface area contributed by atoms with E-state index in [-0.39, 0.29) is 17.4 Å². The fourth-order valence-corrected chi connectivity index (χ4v) is 3.21. The number of hydrogen-bond acceptors (Lipinski definition) is 4. The maximum atomic E-state index is 12.2. The van der Waals surface area contributed by atoms with Gasteiger partial charge in [0.15, 0.2) is 10.9 Å². The minimum Gasteiger partial charge on any atom is -0.345 e. The average Bonchev–Trinajstić information content (AvgIpc) is 3.03. The molecule has 1 atom stereocenters. The molecule has 25 heavy (non-hydrogen) atoms. The normalized spacial score (nSPS) is 12.0. The van der Waals surface area contributed by atoms with Crippen LogP contribution < -0.4 is 5.32 Å². The van der Waals surface area contributed by atoms with Crippen LogP contribution in [0.15, 0.2) is 59.8 Å². The first-order chi connectivity index (χ1) is 12.1. The number of aromatic amines is 1. The Balaban J connectivity index is 1.57. The molecule has 2 aromatic carbocycles. The van der Waals surface area contributed by atoms with Crippen LogP contribution in [-0.4, -0.2) is 33.5 Å². The molecule has 0 unspecified atom stereocenters. The van der Waals surface area contributed by atoms with E-state index in [0.717, 1.165) is 16.6 Å². The third-order valence-electron chi connectivity index (χ3n) is 3.82. The molecule has 1 aromatic heterocycles. The topological polar surface area (TPSA) is 74.8 Å². The summed E-state index contributed by atoms with van der Waals surface area (Å²) in [6.45, 7) is 1.50. The van der Waals surface area contributed by atoms with Crippen molar-refractivity contribution in [3.05, 3.63) is 60.2 Å². The first kappa shape index (κ1) is 17.2. The first-order valence-electron chi connectivity index (χ1n) is 8.03. The van der Waals surface area contributed by atoms with Gasteiger partial charge in [0, 0.05) is 0 Å². The van der Waals surface area contributed by atoms with Crippen molar-refractivity contribution in [1.82, 2.24) is 15.3 Å². The summed E-state index contributed by atoms with van der Waals surface area (Å²) in [6, 6.07) is 16.9. The first-order valence-corrected chi connectivity index (χ1v) is 9.01. The van der Waals surface area contributed by atoms with E-state index in [1.165, 1.54) is 18.7 Å². The number of hydrogen-bond donors (Lipinski definition) is 2. The number of carbonyl (C=O) groups is 2. The Morgan fingerprint density at radius 1 is 1.12 bits per heavy atom. The monoisotopic (exact) mass is 353 g/mol. The van der Waals surface area contributed by atoms with E-state index >= 15 is 0 Å². The van der Waals surface area contributed by atoms with Crippen molar-refractivity contribution in [3.63, 3.8) is 0 Å². The fourth-order valence-electron chi connectivity index (χ4n) is 2.51. The molecule has 0 fully saturated rings. The van der Waals surface area contributed by atoms with Gasteiger partial charge in [-0.15, -0.1) is 0 Å². The Labute approximate surface area is 150 Å². The number of amides is 1. The highest BCUT2D eigenvalue weighted by Gasteiger charge is 2.18. The number of H-pyrrole nitrogens is 1. The predicted octanol–water partition coefficient (Wildman–Crippen LogP) is 2.97. The second kappa shape index (κ2) is 7.98. The van der Waals surface area contributed by atoms with Gasteiger partial charge in [0.2, 0.25) is 5.91 Å². The standard InChI is InChI=1S/C19H19N3O2S/c1-13(23)17(11-14-7-3-2-4-8-14)20-18(24)12-25-19-21-15-9-5-6-10-16(15)22-19/h2-10,17H,11-12H2,1H3,(H,20,24)(H,21,22)/t17-/m1/s1. The molecule has 1 heterocycles. The van der Waals surface area contributed by atoms with Crippen LogP contribution in [0.5, 0.6) is 0 Å². The molecule has 128 valence electrons. The van der Waals surface area contributed by atoms with Crippen molar-refractivity contribution >= 4 is 34.5 Å². The quantitative estimate of drug-likeness (QED) is 0.641. The fraction of sp³-hybridized carbons (Fsp3) is 0.211. The van der Waals surface area contributed by atoms with Crippen LogP contribution in [-0.2, 0) is 16.0 Å².